The molecule has 0 saturated heterocycles. The molecule has 2 rings (SSSR count). The average Bonchev–Trinajstić information content (AvgIpc) is 3.14. The molecule has 7 heteroatoms. The zero-order chi connectivity index (χ0) is 14.8. The number of aryl methyl sites for hydroxylation is 1. The maximum atomic E-state index is 12.9. The summed E-state index contributed by atoms with van der Waals surface area (Å²) in [6.07, 6.45) is 3.84. The molecule has 20 heavy (non-hydrogen) atoms. The highest BCUT2D eigenvalue weighted by molar-refractivity contribution is 7.89. The molecule has 0 aromatic carbocycles. The molecule has 0 atom stereocenters. The molecule has 114 valence electrons. The predicted octanol–water partition coefficient (Wildman–Crippen LogP) is 1.39. The van der Waals surface area contributed by atoms with E-state index in [9.17, 15) is 8.42 Å². The number of nitrogens with zero attached hydrogens (tertiary/aromatic N) is 2. The molecule has 1 aromatic heterocycles. The number of unbranched alkanes of at least 4 members (excludes halogenated alkanes) is 1. The smallest absolute Gasteiger partial charge is 0.247 e. The Morgan fingerprint density at radius 3 is 2.70 bits per heavy atom. The third-order valence-corrected chi connectivity index (χ3v) is 5.71. The van der Waals surface area contributed by atoms with Gasteiger partial charge in [-0.1, -0.05) is 13.3 Å². The molecule has 2 N–H and O–H groups in total. The van der Waals surface area contributed by atoms with E-state index in [1.807, 2.05) is 0 Å². The Morgan fingerprint density at radius 2 is 2.15 bits per heavy atom. The van der Waals surface area contributed by atoms with Crippen molar-refractivity contribution in [1.82, 2.24) is 19.8 Å². The van der Waals surface area contributed by atoms with Gasteiger partial charge in [-0.3, -0.25) is 5.10 Å². The maximum Gasteiger partial charge on any atom is 0.247 e. The van der Waals surface area contributed by atoms with Gasteiger partial charge in [-0.2, -0.15) is 9.40 Å². The Balaban J connectivity index is 2.34. The van der Waals surface area contributed by atoms with E-state index in [-0.39, 0.29) is 6.04 Å². The molecule has 1 fully saturated rings. The van der Waals surface area contributed by atoms with E-state index in [1.54, 1.807) is 18.3 Å². The van der Waals surface area contributed by atoms with Gasteiger partial charge < -0.3 is 5.32 Å². The number of hydrogen-bond donors (Lipinski definition) is 2. The summed E-state index contributed by atoms with van der Waals surface area (Å²) < 4.78 is 27.5. The standard InChI is InChI=1S/C13H24N4O2S/c1-4-5-8-17(11-6-7-11)20(18,19)13-10(2)15-16-12(13)9-14-3/h11,14H,4-9H2,1-3H3,(H,15,16). The summed E-state index contributed by atoms with van der Waals surface area (Å²) in [7, 11) is -1.66. The maximum absolute atomic E-state index is 12.9. The highest BCUT2D eigenvalue weighted by Crippen LogP contribution is 2.33. The van der Waals surface area contributed by atoms with Crippen molar-refractivity contribution in [1.29, 1.82) is 0 Å². The highest BCUT2D eigenvalue weighted by atomic mass is 32.2. The van der Waals surface area contributed by atoms with E-state index in [2.05, 4.69) is 22.4 Å². The largest absolute Gasteiger partial charge is 0.314 e. The van der Waals surface area contributed by atoms with Crippen LogP contribution in [0.5, 0.6) is 0 Å². The Morgan fingerprint density at radius 1 is 1.45 bits per heavy atom. The summed E-state index contributed by atoms with van der Waals surface area (Å²) in [5.74, 6) is 0. The minimum atomic E-state index is -3.45. The van der Waals surface area contributed by atoms with Gasteiger partial charge in [0.25, 0.3) is 0 Å². The van der Waals surface area contributed by atoms with Crippen LogP contribution in [-0.2, 0) is 16.6 Å². The number of nitrogens with one attached hydrogen (secondary N) is 2. The molecule has 0 bridgehead atoms. The molecule has 1 aliphatic carbocycles. The van der Waals surface area contributed by atoms with Crippen molar-refractivity contribution >= 4 is 10.0 Å². The van der Waals surface area contributed by atoms with Gasteiger partial charge in [-0.15, -0.1) is 0 Å². The fraction of sp³-hybridized carbons (Fsp3) is 0.769. The first-order valence-corrected chi connectivity index (χ1v) is 8.66. The molecule has 6 nitrogen and oxygen atoms in total. The van der Waals surface area contributed by atoms with Crippen LogP contribution in [0.4, 0.5) is 0 Å². The molecule has 0 amide bonds. The van der Waals surface area contributed by atoms with Gasteiger partial charge in [-0.05, 0) is 33.2 Å². The zero-order valence-corrected chi connectivity index (χ0v) is 13.3. The van der Waals surface area contributed by atoms with Crippen molar-refractivity contribution in [2.24, 2.45) is 0 Å². The Bertz CT molecular complexity index is 549. The van der Waals surface area contributed by atoms with Crippen LogP contribution in [-0.4, -0.2) is 42.6 Å². The summed E-state index contributed by atoms with van der Waals surface area (Å²) in [5, 5.41) is 9.89. The monoisotopic (exact) mass is 300 g/mol. The zero-order valence-electron chi connectivity index (χ0n) is 12.4. The number of rotatable bonds is 8. The lowest BCUT2D eigenvalue weighted by atomic mass is 10.3. The quantitative estimate of drug-likeness (QED) is 0.760. The summed E-state index contributed by atoms with van der Waals surface area (Å²) >= 11 is 0. The Hall–Kier alpha value is -0.920. The molecule has 1 saturated carbocycles. The second-order valence-corrected chi connectivity index (χ2v) is 7.18. The van der Waals surface area contributed by atoms with E-state index >= 15 is 0 Å². The van der Waals surface area contributed by atoms with Crippen molar-refractivity contribution in [3.63, 3.8) is 0 Å². The minimum Gasteiger partial charge on any atom is -0.314 e. The van der Waals surface area contributed by atoms with Gasteiger partial charge in [-0.25, -0.2) is 8.42 Å². The predicted molar refractivity (Wildman–Crippen MR) is 77.9 cm³/mol. The molecule has 1 aliphatic rings. The van der Waals surface area contributed by atoms with E-state index in [0.717, 1.165) is 25.7 Å². The number of aromatic nitrogens is 2. The number of aromatic amines is 1. The molecule has 0 spiro atoms. The second-order valence-electron chi connectivity index (χ2n) is 5.36. The third-order valence-electron chi connectivity index (χ3n) is 3.56. The van der Waals surface area contributed by atoms with Crippen LogP contribution in [0.1, 0.15) is 44.0 Å². The van der Waals surface area contributed by atoms with Crippen molar-refractivity contribution in [2.75, 3.05) is 13.6 Å². The molecular formula is C13H24N4O2S. The lowest BCUT2D eigenvalue weighted by Crippen LogP contribution is -2.35. The molecule has 1 aromatic rings. The molecule has 0 unspecified atom stereocenters. The lowest BCUT2D eigenvalue weighted by molar-refractivity contribution is 0.395. The fourth-order valence-electron chi connectivity index (χ4n) is 2.39. The van der Waals surface area contributed by atoms with E-state index < -0.39 is 10.0 Å². The van der Waals surface area contributed by atoms with Crippen molar-refractivity contribution in [2.45, 2.75) is 57.0 Å². The van der Waals surface area contributed by atoms with Gasteiger partial charge in [0.15, 0.2) is 0 Å². The molecule has 0 radical (unpaired) electrons. The van der Waals surface area contributed by atoms with Crippen LogP contribution >= 0.6 is 0 Å². The average molecular weight is 300 g/mol. The van der Waals surface area contributed by atoms with Crippen molar-refractivity contribution in [3.8, 4) is 0 Å². The van der Waals surface area contributed by atoms with Gasteiger partial charge in [0.1, 0.15) is 4.90 Å². The normalized spacial score (nSPS) is 16.0. The van der Waals surface area contributed by atoms with Gasteiger partial charge >= 0.3 is 0 Å². The number of hydrogen-bond acceptors (Lipinski definition) is 4. The SMILES string of the molecule is CCCCN(C1CC1)S(=O)(=O)c1c(CNC)n[nH]c1C. The first kappa shape index (κ1) is 15.5. The summed E-state index contributed by atoms with van der Waals surface area (Å²) in [6.45, 7) is 4.90. The van der Waals surface area contributed by atoms with Gasteiger partial charge in [0, 0.05) is 19.1 Å². The van der Waals surface area contributed by atoms with Crippen LogP contribution < -0.4 is 5.32 Å². The van der Waals surface area contributed by atoms with Gasteiger partial charge in [0.05, 0.1) is 11.4 Å². The molecule has 1 heterocycles. The number of H-pyrrole nitrogens is 1. The summed E-state index contributed by atoms with van der Waals surface area (Å²) in [6, 6.07) is 0.184. The highest BCUT2D eigenvalue weighted by Gasteiger charge is 2.39. The summed E-state index contributed by atoms with van der Waals surface area (Å²) in [4.78, 5) is 0.356. The third kappa shape index (κ3) is 3.05. The molecular weight excluding hydrogens is 276 g/mol. The molecule has 0 aliphatic heterocycles. The fourth-order valence-corrected chi connectivity index (χ4v) is 4.45. The summed E-state index contributed by atoms with van der Waals surface area (Å²) in [5.41, 5.74) is 1.20. The van der Waals surface area contributed by atoms with Crippen LogP contribution in [0.15, 0.2) is 4.90 Å². The lowest BCUT2D eigenvalue weighted by Gasteiger charge is -2.22. The van der Waals surface area contributed by atoms with E-state index in [0.29, 0.717) is 29.4 Å². The van der Waals surface area contributed by atoms with Crippen LogP contribution in [0.25, 0.3) is 0 Å². The van der Waals surface area contributed by atoms with Gasteiger partial charge in [0.2, 0.25) is 10.0 Å². The second kappa shape index (κ2) is 6.24. The van der Waals surface area contributed by atoms with E-state index in [1.165, 1.54) is 0 Å². The Labute approximate surface area is 121 Å². The minimum absolute atomic E-state index is 0.184. The number of sulfonamides is 1. The topological polar surface area (TPSA) is 78.1 Å². The first-order valence-electron chi connectivity index (χ1n) is 7.22. The van der Waals surface area contributed by atoms with Crippen LogP contribution in [0.2, 0.25) is 0 Å². The van der Waals surface area contributed by atoms with Crippen molar-refractivity contribution in [3.05, 3.63) is 11.4 Å². The first-order chi connectivity index (χ1) is 9.52. The van der Waals surface area contributed by atoms with Crippen molar-refractivity contribution < 1.29 is 8.42 Å². The van der Waals surface area contributed by atoms with E-state index in [4.69, 9.17) is 0 Å². The Kier molecular flexibility index (Phi) is 4.82. The van der Waals surface area contributed by atoms with Crippen LogP contribution in [0.3, 0.4) is 0 Å². The van der Waals surface area contributed by atoms with Crippen LogP contribution in [0, 0.1) is 6.92 Å².